The average molecular weight is 403 g/mol. The van der Waals surface area contributed by atoms with Crippen molar-refractivity contribution in [2.75, 3.05) is 32.8 Å². The first kappa shape index (κ1) is 19.3. The molecule has 1 amide bonds. The van der Waals surface area contributed by atoms with Crippen LogP contribution >= 0.6 is 11.6 Å². The van der Waals surface area contributed by atoms with Crippen LogP contribution in [-0.2, 0) is 11.2 Å². The molecule has 1 N–H and O–H groups in total. The van der Waals surface area contributed by atoms with Gasteiger partial charge in [0, 0.05) is 30.2 Å². The minimum atomic E-state index is 0.227. The predicted molar refractivity (Wildman–Crippen MR) is 109 cm³/mol. The van der Waals surface area contributed by atoms with Crippen LogP contribution in [0.3, 0.4) is 0 Å². The lowest BCUT2D eigenvalue weighted by Crippen LogP contribution is -2.38. The van der Waals surface area contributed by atoms with Gasteiger partial charge in [0.2, 0.25) is 5.91 Å². The summed E-state index contributed by atoms with van der Waals surface area (Å²) in [5.41, 5.74) is 2.08. The molecule has 1 aromatic carbocycles. The Morgan fingerprint density at radius 2 is 2.07 bits per heavy atom. The third-order valence-corrected chi connectivity index (χ3v) is 5.82. The van der Waals surface area contributed by atoms with E-state index in [2.05, 4.69) is 21.2 Å². The van der Waals surface area contributed by atoms with Crippen molar-refractivity contribution in [3.63, 3.8) is 0 Å². The zero-order valence-corrected chi connectivity index (χ0v) is 16.8. The lowest BCUT2D eigenvalue weighted by atomic mass is 10.1. The molecule has 6 nitrogen and oxygen atoms in total. The zero-order chi connectivity index (χ0) is 19.3. The van der Waals surface area contributed by atoms with E-state index in [1.54, 1.807) is 0 Å². The van der Waals surface area contributed by atoms with Gasteiger partial charge in [-0.1, -0.05) is 17.7 Å². The largest absolute Gasteiger partial charge is 0.493 e. The molecule has 2 saturated heterocycles. The highest BCUT2D eigenvalue weighted by Crippen LogP contribution is 2.31. The number of carbonyl (C=O) groups is 1. The van der Waals surface area contributed by atoms with Gasteiger partial charge < -0.3 is 9.64 Å². The summed E-state index contributed by atoms with van der Waals surface area (Å²) < 4.78 is 5.76. The number of halogens is 1. The quantitative estimate of drug-likeness (QED) is 0.770. The number of rotatable bonds is 7. The maximum absolute atomic E-state index is 12.5. The number of amides is 1. The normalized spacial score (nSPS) is 20.0. The van der Waals surface area contributed by atoms with Crippen molar-refractivity contribution in [2.45, 2.75) is 38.1 Å². The lowest BCUT2D eigenvalue weighted by molar-refractivity contribution is -0.131. The number of hydrogen-bond donors (Lipinski definition) is 1. The highest BCUT2D eigenvalue weighted by atomic mass is 35.5. The number of nitrogens with zero attached hydrogens (tertiary/aromatic N) is 3. The van der Waals surface area contributed by atoms with Crippen LogP contribution < -0.4 is 4.74 Å². The Morgan fingerprint density at radius 3 is 2.89 bits per heavy atom. The van der Waals surface area contributed by atoms with E-state index in [0.717, 1.165) is 68.9 Å². The summed E-state index contributed by atoms with van der Waals surface area (Å²) in [5, 5.41) is 8.33. The third kappa shape index (κ3) is 4.67. The topological polar surface area (TPSA) is 61.5 Å². The fraction of sp³-hybridized carbons (Fsp3) is 0.524. The van der Waals surface area contributed by atoms with E-state index < -0.39 is 0 Å². The SMILES string of the molecule is O=C(CN1CCC[C@@H]1c1cc(CCOc2cccc(Cl)c2)[nH]n1)N1CCCC1. The Bertz CT molecular complexity index is 803. The molecule has 0 saturated carbocycles. The summed E-state index contributed by atoms with van der Waals surface area (Å²) in [5.74, 6) is 1.03. The van der Waals surface area contributed by atoms with E-state index >= 15 is 0 Å². The number of carbonyl (C=O) groups excluding carboxylic acids is 1. The first-order valence-corrected chi connectivity index (χ1v) is 10.5. The van der Waals surface area contributed by atoms with Crippen LogP contribution in [0.5, 0.6) is 5.75 Å². The van der Waals surface area contributed by atoms with Crippen LogP contribution in [-0.4, -0.2) is 58.7 Å². The Hall–Kier alpha value is -2.05. The van der Waals surface area contributed by atoms with Crippen molar-refractivity contribution in [1.29, 1.82) is 0 Å². The van der Waals surface area contributed by atoms with Gasteiger partial charge in [-0.25, -0.2) is 0 Å². The third-order valence-electron chi connectivity index (χ3n) is 5.59. The fourth-order valence-corrected chi connectivity index (χ4v) is 4.28. The smallest absolute Gasteiger partial charge is 0.236 e. The van der Waals surface area contributed by atoms with Crippen LogP contribution in [0.4, 0.5) is 0 Å². The van der Waals surface area contributed by atoms with Gasteiger partial charge in [0.25, 0.3) is 0 Å². The fourth-order valence-electron chi connectivity index (χ4n) is 4.10. The second-order valence-corrected chi connectivity index (χ2v) is 8.03. The number of ether oxygens (including phenoxy) is 1. The molecule has 1 aromatic heterocycles. The molecule has 28 heavy (non-hydrogen) atoms. The summed E-state index contributed by atoms with van der Waals surface area (Å²) in [4.78, 5) is 16.8. The zero-order valence-electron chi connectivity index (χ0n) is 16.1. The van der Waals surface area contributed by atoms with Crippen LogP contribution in [0.15, 0.2) is 30.3 Å². The maximum Gasteiger partial charge on any atom is 0.236 e. The number of aromatic nitrogens is 2. The molecular weight excluding hydrogens is 376 g/mol. The van der Waals surface area contributed by atoms with Gasteiger partial charge in [-0.05, 0) is 56.5 Å². The predicted octanol–water partition coefficient (Wildman–Crippen LogP) is 3.44. The number of aromatic amines is 1. The number of nitrogens with one attached hydrogen (secondary N) is 1. The van der Waals surface area contributed by atoms with Gasteiger partial charge in [-0.3, -0.25) is 14.8 Å². The van der Waals surface area contributed by atoms with Gasteiger partial charge in [-0.15, -0.1) is 0 Å². The van der Waals surface area contributed by atoms with E-state index in [-0.39, 0.29) is 11.9 Å². The molecule has 1 atom stereocenters. The number of H-pyrrole nitrogens is 1. The van der Waals surface area contributed by atoms with Crippen LogP contribution in [0, 0.1) is 0 Å². The van der Waals surface area contributed by atoms with Gasteiger partial charge in [0.1, 0.15) is 5.75 Å². The molecule has 0 bridgehead atoms. The van der Waals surface area contributed by atoms with Gasteiger partial charge in [0.15, 0.2) is 0 Å². The van der Waals surface area contributed by atoms with E-state index in [1.807, 2.05) is 29.2 Å². The Kier molecular flexibility index (Phi) is 6.17. The molecule has 0 unspecified atom stereocenters. The minimum Gasteiger partial charge on any atom is -0.493 e. The first-order chi connectivity index (χ1) is 13.7. The molecule has 2 fully saturated rings. The Labute approximate surface area is 170 Å². The Morgan fingerprint density at radius 1 is 1.21 bits per heavy atom. The summed E-state index contributed by atoms with van der Waals surface area (Å²) in [7, 11) is 0. The second kappa shape index (κ2) is 8.97. The molecule has 7 heteroatoms. The van der Waals surface area contributed by atoms with Gasteiger partial charge in [-0.2, -0.15) is 5.10 Å². The monoisotopic (exact) mass is 402 g/mol. The van der Waals surface area contributed by atoms with Crippen molar-refractivity contribution in [3.05, 3.63) is 46.7 Å². The minimum absolute atomic E-state index is 0.227. The maximum atomic E-state index is 12.5. The Balaban J connectivity index is 1.30. The number of likely N-dealkylation sites (tertiary alicyclic amines) is 2. The summed E-state index contributed by atoms with van der Waals surface area (Å²) in [6.45, 7) is 3.85. The molecule has 150 valence electrons. The van der Waals surface area contributed by atoms with Crippen molar-refractivity contribution in [3.8, 4) is 5.75 Å². The highest BCUT2D eigenvalue weighted by Gasteiger charge is 2.31. The van der Waals surface area contributed by atoms with Crippen LogP contribution in [0.2, 0.25) is 5.02 Å². The molecule has 0 aliphatic carbocycles. The molecule has 2 aliphatic rings. The van der Waals surface area contributed by atoms with Gasteiger partial charge >= 0.3 is 0 Å². The average Bonchev–Trinajstić information content (AvgIpc) is 3.43. The molecule has 4 rings (SSSR count). The molecular formula is C21H27ClN4O2. The van der Waals surface area contributed by atoms with Gasteiger partial charge in [0.05, 0.1) is 24.9 Å². The van der Waals surface area contributed by atoms with Crippen molar-refractivity contribution >= 4 is 17.5 Å². The number of hydrogen-bond acceptors (Lipinski definition) is 4. The summed E-state index contributed by atoms with van der Waals surface area (Å²) >= 11 is 5.98. The van der Waals surface area contributed by atoms with Crippen molar-refractivity contribution in [2.24, 2.45) is 0 Å². The molecule has 2 aliphatic heterocycles. The summed E-state index contributed by atoms with van der Waals surface area (Å²) in [6, 6.07) is 9.77. The molecule has 0 radical (unpaired) electrons. The standard InChI is InChI=1S/C21H27ClN4O2/c22-16-5-3-6-18(13-16)28-12-8-17-14-19(24-23-17)20-7-4-11-26(20)15-21(27)25-9-1-2-10-25/h3,5-6,13-14,20H,1-2,4,7-12,15H2,(H,23,24)/t20-/m1/s1. The van der Waals surface area contributed by atoms with Crippen molar-refractivity contribution < 1.29 is 9.53 Å². The molecule has 3 heterocycles. The van der Waals surface area contributed by atoms with Crippen molar-refractivity contribution in [1.82, 2.24) is 20.0 Å². The van der Waals surface area contributed by atoms with Crippen LogP contribution in [0.1, 0.15) is 43.1 Å². The highest BCUT2D eigenvalue weighted by molar-refractivity contribution is 6.30. The first-order valence-electron chi connectivity index (χ1n) is 10.1. The van der Waals surface area contributed by atoms with E-state index in [4.69, 9.17) is 16.3 Å². The number of benzene rings is 1. The molecule has 2 aromatic rings. The van der Waals surface area contributed by atoms with E-state index in [0.29, 0.717) is 18.2 Å². The van der Waals surface area contributed by atoms with Crippen LogP contribution in [0.25, 0.3) is 0 Å². The lowest BCUT2D eigenvalue weighted by Gasteiger charge is -2.25. The van der Waals surface area contributed by atoms with E-state index in [9.17, 15) is 4.79 Å². The van der Waals surface area contributed by atoms with E-state index in [1.165, 1.54) is 0 Å². The molecule has 0 spiro atoms. The second-order valence-electron chi connectivity index (χ2n) is 7.59. The summed E-state index contributed by atoms with van der Waals surface area (Å²) in [6.07, 6.45) is 5.18.